The number of fused-ring (bicyclic) bond motifs is 1. The van der Waals surface area contributed by atoms with Gasteiger partial charge >= 0.3 is 5.97 Å². The molecule has 1 heterocycles. The highest BCUT2D eigenvalue weighted by molar-refractivity contribution is 6.42. The molecule has 2 amide bonds. The average Bonchev–Trinajstić information content (AvgIpc) is 3.37. The van der Waals surface area contributed by atoms with Gasteiger partial charge in [0.1, 0.15) is 0 Å². The van der Waals surface area contributed by atoms with Gasteiger partial charge in [-0.15, -0.1) is 0 Å². The highest BCUT2D eigenvalue weighted by Crippen LogP contribution is 2.51. The van der Waals surface area contributed by atoms with Gasteiger partial charge in [-0.05, 0) is 36.1 Å². The van der Waals surface area contributed by atoms with Gasteiger partial charge in [-0.3, -0.25) is 9.59 Å². The van der Waals surface area contributed by atoms with Crippen LogP contribution in [0.3, 0.4) is 0 Å². The molecule has 7 heteroatoms. The third-order valence-electron chi connectivity index (χ3n) is 4.41. The summed E-state index contributed by atoms with van der Waals surface area (Å²) < 4.78 is 0. The van der Waals surface area contributed by atoms with Gasteiger partial charge in [-0.25, -0.2) is 4.79 Å². The molecule has 1 aliphatic heterocycles. The molecule has 1 fully saturated rings. The van der Waals surface area contributed by atoms with E-state index in [-0.39, 0.29) is 17.0 Å². The first-order valence-electron chi connectivity index (χ1n) is 7.62. The van der Waals surface area contributed by atoms with Crippen LogP contribution in [0.1, 0.15) is 38.6 Å². The maximum absolute atomic E-state index is 12.3. The number of halogens is 2. The molecule has 25 heavy (non-hydrogen) atoms. The van der Waals surface area contributed by atoms with Gasteiger partial charge in [0.25, 0.3) is 11.8 Å². The van der Waals surface area contributed by atoms with Crippen molar-refractivity contribution in [1.29, 1.82) is 0 Å². The highest BCUT2D eigenvalue weighted by atomic mass is 35.5. The van der Waals surface area contributed by atoms with Crippen molar-refractivity contribution in [2.45, 2.75) is 12.3 Å². The third-order valence-corrected chi connectivity index (χ3v) is 5.25. The lowest BCUT2D eigenvalue weighted by Gasteiger charge is -2.12. The van der Waals surface area contributed by atoms with Crippen molar-refractivity contribution in [1.82, 2.24) is 5.06 Å². The summed E-state index contributed by atoms with van der Waals surface area (Å²) >= 11 is 12.2. The quantitative estimate of drug-likeness (QED) is 0.764. The lowest BCUT2D eigenvalue weighted by atomic mass is 10.1. The summed E-state index contributed by atoms with van der Waals surface area (Å²) in [4.78, 5) is 41.9. The summed E-state index contributed by atoms with van der Waals surface area (Å²) in [7, 11) is 0. The van der Waals surface area contributed by atoms with Crippen molar-refractivity contribution in [3.05, 3.63) is 69.2 Å². The topological polar surface area (TPSA) is 63.7 Å². The smallest absolute Gasteiger partial charge is 0.329 e. The molecule has 2 atom stereocenters. The van der Waals surface area contributed by atoms with Gasteiger partial charge in [0.05, 0.1) is 27.1 Å². The lowest BCUT2D eigenvalue weighted by molar-refractivity contribution is -0.170. The molecule has 2 aromatic rings. The van der Waals surface area contributed by atoms with Crippen molar-refractivity contribution in [2.75, 3.05) is 0 Å². The summed E-state index contributed by atoms with van der Waals surface area (Å²) in [6.45, 7) is 0. The minimum Gasteiger partial charge on any atom is -0.329 e. The Morgan fingerprint density at radius 1 is 1.00 bits per heavy atom. The Bertz CT molecular complexity index is 892. The maximum Gasteiger partial charge on any atom is 0.336 e. The molecule has 2 aromatic carbocycles. The zero-order chi connectivity index (χ0) is 17.7. The van der Waals surface area contributed by atoms with E-state index < -0.39 is 23.7 Å². The Kier molecular flexibility index (Phi) is 3.78. The average molecular weight is 376 g/mol. The first-order chi connectivity index (χ1) is 12.0. The zero-order valence-electron chi connectivity index (χ0n) is 12.7. The van der Waals surface area contributed by atoms with Crippen LogP contribution in [-0.4, -0.2) is 22.8 Å². The molecule has 0 saturated heterocycles. The fourth-order valence-corrected chi connectivity index (χ4v) is 3.46. The molecule has 0 bridgehead atoms. The van der Waals surface area contributed by atoms with E-state index in [4.69, 9.17) is 28.0 Å². The van der Waals surface area contributed by atoms with Crippen LogP contribution in [-0.2, 0) is 9.63 Å². The molecule has 4 rings (SSSR count). The van der Waals surface area contributed by atoms with Crippen molar-refractivity contribution >= 4 is 41.0 Å². The van der Waals surface area contributed by atoms with E-state index in [1.807, 2.05) is 0 Å². The van der Waals surface area contributed by atoms with E-state index in [2.05, 4.69) is 0 Å². The van der Waals surface area contributed by atoms with E-state index in [0.717, 1.165) is 5.56 Å². The SMILES string of the molecule is O=C(ON1C(=O)c2ccccc2C1=O)[C@@H]1C[C@H]1c1cccc(Cl)c1Cl. The fraction of sp³-hybridized carbons (Fsp3) is 0.167. The second-order valence-electron chi connectivity index (χ2n) is 5.95. The van der Waals surface area contributed by atoms with Crippen molar-refractivity contribution in [3.8, 4) is 0 Å². The number of hydrogen-bond donors (Lipinski definition) is 0. The van der Waals surface area contributed by atoms with Crippen molar-refractivity contribution < 1.29 is 19.2 Å². The molecule has 5 nitrogen and oxygen atoms in total. The molecule has 0 unspecified atom stereocenters. The Morgan fingerprint density at radius 3 is 2.28 bits per heavy atom. The van der Waals surface area contributed by atoms with Crippen molar-refractivity contribution in [3.63, 3.8) is 0 Å². The maximum atomic E-state index is 12.3. The number of carbonyl (C=O) groups is 3. The first-order valence-corrected chi connectivity index (χ1v) is 8.38. The van der Waals surface area contributed by atoms with Crippen LogP contribution < -0.4 is 0 Å². The second-order valence-corrected chi connectivity index (χ2v) is 6.74. The van der Waals surface area contributed by atoms with Gasteiger partial charge in [-0.1, -0.05) is 52.5 Å². The monoisotopic (exact) mass is 375 g/mol. The van der Waals surface area contributed by atoms with Crippen LogP contribution in [0.4, 0.5) is 0 Å². The molecule has 1 saturated carbocycles. The first kappa shape index (κ1) is 16.1. The molecular formula is C18H11Cl2NO4. The minimum atomic E-state index is -0.632. The predicted octanol–water partition coefficient (Wildman–Crippen LogP) is 3.85. The van der Waals surface area contributed by atoms with E-state index in [0.29, 0.717) is 21.5 Å². The second kappa shape index (κ2) is 5.86. The summed E-state index contributed by atoms with van der Waals surface area (Å²) in [6.07, 6.45) is 0.530. The Morgan fingerprint density at radius 2 is 1.64 bits per heavy atom. The largest absolute Gasteiger partial charge is 0.336 e. The standard InChI is InChI=1S/C18H11Cl2NO4/c19-14-7-3-6-9(15(14)20)12-8-13(12)18(24)25-21-16(22)10-4-1-2-5-11(10)17(21)23/h1-7,12-13H,8H2/t12-,13+/m0/s1. The lowest BCUT2D eigenvalue weighted by Crippen LogP contribution is -2.33. The van der Waals surface area contributed by atoms with Crippen LogP contribution in [0.5, 0.6) is 0 Å². The molecule has 126 valence electrons. The van der Waals surface area contributed by atoms with E-state index in [9.17, 15) is 14.4 Å². The number of hydrogen-bond acceptors (Lipinski definition) is 4. The molecule has 2 aliphatic rings. The molecule has 0 spiro atoms. The Labute approximate surface area is 153 Å². The van der Waals surface area contributed by atoms with Crippen molar-refractivity contribution in [2.24, 2.45) is 5.92 Å². The summed E-state index contributed by atoms with van der Waals surface area (Å²) in [5.74, 6) is -2.48. The zero-order valence-corrected chi connectivity index (χ0v) is 14.3. The Hall–Kier alpha value is -2.37. The highest BCUT2D eigenvalue weighted by Gasteiger charge is 2.49. The van der Waals surface area contributed by atoms with Gasteiger partial charge in [-0.2, -0.15) is 0 Å². The minimum absolute atomic E-state index is 0.131. The summed E-state index contributed by atoms with van der Waals surface area (Å²) in [5, 5.41) is 1.35. The predicted molar refractivity (Wildman–Crippen MR) is 90.3 cm³/mol. The number of rotatable bonds is 3. The van der Waals surface area contributed by atoms with Gasteiger partial charge in [0, 0.05) is 0 Å². The molecular weight excluding hydrogens is 365 g/mol. The number of imide groups is 1. The van der Waals surface area contributed by atoms with Crippen LogP contribution in [0.2, 0.25) is 10.0 Å². The van der Waals surface area contributed by atoms with Gasteiger partial charge in [0.15, 0.2) is 0 Å². The fourth-order valence-electron chi connectivity index (χ4n) is 3.01. The molecule has 1 aliphatic carbocycles. The summed E-state index contributed by atoms with van der Waals surface area (Å²) in [5.41, 5.74) is 1.22. The number of amides is 2. The van der Waals surface area contributed by atoms with Gasteiger partial charge in [0.2, 0.25) is 0 Å². The van der Waals surface area contributed by atoms with Gasteiger partial charge < -0.3 is 4.84 Å². The van der Waals surface area contributed by atoms with Crippen LogP contribution in [0.25, 0.3) is 0 Å². The molecule has 0 radical (unpaired) electrons. The number of benzene rings is 2. The normalized spacial score (nSPS) is 21.3. The summed E-state index contributed by atoms with van der Waals surface area (Å²) in [6, 6.07) is 11.6. The number of nitrogens with zero attached hydrogens (tertiary/aromatic N) is 1. The van der Waals surface area contributed by atoms with E-state index in [1.165, 1.54) is 12.1 Å². The number of carbonyl (C=O) groups excluding carboxylic acids is 3. The molecule has 0 N–H and O–H groups in total. The van der Waals surface area contributed by atoms with Crippen LogP contribution in [0, 0.1) is 5.92 Å². The van der Waals surface area contributed by atoms with E-state index >= 15 is 0 Å². The Balaban J connectivity index is 1.49. The molecule has 0 aromatic heterocycles. The third kappa shape index (κ3) is 2.60. The van der Waals surface area contributed by atoms with Crippen LogP contribution >= 0.6 is 23.2 Å². The van der Waals surface area contributed by atoms with Crippen LogP contribution in [0.15, 0.2) is 42.5 Å². The number of hydroxylamine groups is 2. The van der Waals surface area contributed by atoms with E-state index in [1.54, 1.807) is 30.3 Å².